The van der Waals surface area contributed by atoms with Crippen LogP contribution in [0.15, 0.2) is 24.3 Å². The SMILES string of the molecule is COC(C)CNCC(O)COc1ccccc1C#N. The van der Waals surface area contributed by atoms with Crippen molar-refractivity contribution < 1.29 is 14.6 Å². The number of para-hydroxylation sites is 1. The number of rotatable bonds is 8. The zero-order valence-corrected chi connectivity index (χ0v) is 11.3. The topological polar surface area (TPSA) is 74.5 Å². The van der Waals surface area contributed by atoms with Crippen molar-refractivity contribution in [1.82, 2.24) is 5.32 Å². The maximum Gasteiger partial charge on any atom is 0.137 e. The molecular formula is C14H20N2O3. The highest BCUT2D eigenvalue weighted by Gasteiger charge is 2.08. The summed E-state index contributed by atoms with van der Waals surface area (Å²) in [4.78, 5) is 0. The van der Waals surface area contributed by atoms with E-state index in [1.807, 2.05) is 13.0 Å². The van der Waals surface area contributed by atoms with Gasteiger partial charge in [0.25, 0.3) is 0 Å². The lowest BCUT2D eigenvalue weighted by atomic mass is 10.2. The zero-order chi connectivity index (χ0) is 14.1. The number of ether oxygens (including phenoxy) is 2. The molecule has 19 heavy (non-hydrogen) atoms. The summed E-state index contributed by atoms with van der Waals surface area (Å²) in [6, 6.07) is 9.01. The van der Waals surface area contributed by atoms with Crippen LogP contribution in [0, 0.1) is 11.3 Å². The van der Waals surface area contributed by atoms with E-state index in [1.165, 1.54) is 0 Å². The molecule has 1 aromatic rings. The second-order valence-corrected chi connectivity index (χ2v) is 4.28. The largest absolute Gasteiger partial charge is 0.489 e. The summed E-state index contributed by atoms with van der Waals surface area (Å²) < 4.78 is 10.5. The summed E-state index contributed by atoms with van der Waals surface area (Å²) in [5.74, 6) is 0.495. The van der Waals surface area contributed by atoms with E-state index in [1.54, 1.807) is 31.4 Å². The maximum absolute atomic E-state index is 9.75. The van der Waals surface area contributed by atoms with Gasteiger partial charge in [-0.1, -0.05) is 12.1 Å². The fraction of sp³-hybridized carbons (Fsp3) is 0.500. The minimum atomic E-state index is -0.629. The van der Waals surface area contributed by atoms with E-state index in [4.69, 9.17) is 14.7 Å². The first-order valence-electron chi connectivity index (χ1n) is 6.21. The van der Waals surface area contributed by atoms with Crippen molar-refractivity contribution in [3.8, 4) is 11.8 Å². The molecule has 5 heteroatoms. The first kappa shape index (κ1) is 15.4. The minimum Gasteiger partial charge on any atom is -0.489 e. The molecule has 1 rings (SSSR count). The molecule has 0 saturated heterocycles. The van der Waals surface area contributed by atoms with Gasteiger partial charge < -0.3 is 19.9 Å². The van der Waals surface area contributed by atoms with Gasteiger partial charge >= 0.3 is 0 Å². The van der Waals surface area contributed by atoms with Crippen molar-refractivity contribution in [2.24, 2.45) is 0 Å². The molecule has 0 aliphatic carbocycles. The number of aliphatic hydroxyl groups excluding tert-OH is 1. The average molecular weight is 264 g/mol. The van der Waals surface area contributed by atoms with Gasteiger partial charge in [-0.15, -0.1) is 0 Å². The highest BCUT2D eigenvalue weighted by Crippen LogP contribution is 2.16. The van der Waals surface area contributed by atoms with Gasteiger partial charge in [0.2, 0.25) is 0 Å². The Morgan fingerprint density at radius 1 is 1.37 bits per heavy atom. The highest BCUT2D eigenvalue weighted by molar-refractivity contribution is 5.42. The van der Waals surface area contributed by atoms with Gasteiger partial charge in [-0.2, -0.15) is 5.26 Å². The predicted octanol–water partition coefficient (Wildman–Crippen LogP) is 0.922. The summed E-state index contributed by atoms with van der Waals surface area (Å²) in [5.41, 5.74) is 0.468. The normalized spacial score (nSPS) is 13.6. The number of nitrogens with one attached hydrogen (secondary N) is 1. The monoisotopic (exact) mass is 264 g/mol. The quantitative estimate of drug-likeness (QED) is 0.730. The van der Waals surface area contributed by atoms with Crippen LogP contribution in [0.4, 0.5) is 0 Å². The van der Waals surface area contributed by atoms with Crippen LogP contribution in [0.3, 0.4) is 0 Å². The van der Waals surface area contributed by atoms with Gasteiger partial charge in [-0.3, -0.25) is 0 Å². The molecule has 1 aromatic carbocycles. The number of hydrogen-bond acceptors (Lipinski definition) is 5. The van der Waals surface area contributed by atoms with E-state index >= 15 is 0 Å². The van der Waals surface area contributed by atoms with Crippen LogP contribution in [-0.2, 0) is 4.74 Å². The van der Waals surface area contributed by atoms with E-state index in [2.05, 4.69) is 5.32 Å². The van der Waals surface area contributed by atoms with E-state index < -0.39 is 6.10 Å². The van der Waals surface area contributed by atoms with Gasteiger partial charge in [0.05, 0.1) is 11.7 Å². The number of nitriles is 1. The van der Waals surface area contributed by atoms with Crippen molar-refractivity contribution in [3.63, 3.8) is 0 Å². The Balaban J connectivity index is 2.30. The van der Waals surface area contributed by atoms with Crippen LogP contribution in [0.25, 0.3) is 0 Å². The summed E-state index contributed by atoms with van der Waals surface area (Å²) in [5, 5.41) is 21.7. The third kappa shape index (κ3) is 5.71. The number of benzene rings is 1. The Kier molecular flexibility index (Phi) is 6.90. The molecule has 2 atom stereocenters. The van der Waals surface area contributed by atoms with Gasteiger partial charge in [0, 0.05) is 20.2 Å². The molecule has 0 heterocycles. The van der Waals surface area contributed by atoms with E-state index in [0.29, 0.717) is 24.4 Å². The summed E-state index contributed by atoms with van der Waals surface area (Å²) >= 11 is 0. The second kappa shape index (κ2) is 8.48. The lowest BCUT2D eigenvalue weighted by Crippen LogP contribution is -2.35. The first-order valence-corrected chi connectivity index (χ1v) is 6.21. The fourth-order valence-electron chi connectivity index (χ4n) is 1.47. The van der Waals surface area contributed by atoms with Crippen molar-refractivity contribution >= 4 is 0 Å². The molecule has 104 valence electrons. The molecule has 0 saturated carbocycles. The third-order valence-electron chi connectivity index (χ3n) is 2.65. The van der Waals surface area contributed by atoms with Crippen LogP contribution in [0.1, 0.15) is 12.5 Å². The third-order valence-corrected chi connectivity index (χ3v) is 2.65. The Bertz CT molecular complexity index is 417. The number of methoxy groups -OCH3 is 1. The van der Waals surface area contributed by atoms with Gasteiger partial charge in [0.15, 0.2) is 0 Å². The standard InChI is InChI=1S/C14H20N2O3/c1-11(18-2)8-16-9-13(17)10-19-14-6-4-3-5-12(14)7-15/h3-6,11,13,16-17H,8-10H2,1-2H3. The smallest absolute Gasteiger partial charge is 0.137 e. The van der Waals surface area contributed by atoms with Crippen molar-refractivity contribution in [1.29, 1.82) is 5.26 Å². The lowest BCUT2D eigenvalue weighted by Gasteiger charge is -2.15. The molecule has 2 unspecified atom stereocenters. The first-order chi connectivity index (χ1) is 9.17. The fourth-order valence-corrected chi connectivity index (χ4v) is 1.47. The molecule has 0 amide bonds. The van der Waals surface area contributed by atoms with E-state index in [0.717, 1.165) is 0 Å². The lowest BCUT2D eigenvalue weighted by molar-refractivity contribution is 0.0903. The minimum absolute atomic E-state index is 0.104. The molecule has 0 bridgehead atoms. The predicted molar refractivity (Wildman–Crippen MR) is 72.0 cm³/mol. The van der Waals surface area contributed by atoms with Crippen LogP contribution in [0.2, 0.25) is 0 Å². The molecule has 0 aliphatic heterocycles. The molecule has 0 aromatic heterocycles. The number of nitrogens with zero attached hydrogens (tertiary/aromatic N) is 1. The van der Waals surface area contributed by atoms with E-state index in [-0.39, 0.29) is 12.7 Å². The Morgan fingerprint density at radius 2 is 2.11 bits per heavy atom. The van der Waals surface area contributed by atoms with Gasteiger partial charge in [-0.05, 0) is 19.1 Å². The Hall–Kier alpha value is -1.61. The van der Waals surface area contributed by atoms with Gasteiger partial charge in [0.1, 0.15) is 24.5 Å². The summed E-state index contributed by atoms with van der Waals surface area (Å²) in [7, 11) is 1.64. The van der Waals surface area contributed by atoms with Gasteiger partial charge in [-0.25, -0.2) is 0 Å². The van der Waals surface area contributed by atoms with Crippen molar-refractivity contribution in [2.75, 3.05) is 26.8 Å². The molecule has 0 radical (unpaired) electrons. The van der Waals surface area contributed by atoms with E-state index in [9.17, 15) is 5.11 Å². The van der Waals surface area contributed by atoms with Crippen LogP contribution in [-0.4, -0.2) is 44.1 Å². The van der Waals surface area contributed by atoms with Crippen molar-refractivity contribution in [2.45, 2.75) is 19.1 Å². The maximum atomic E-state index is 9.75. The molecule has 5 nitrogen and oxygen atoms in total. The molecule has 0 fully saturated rings. The number of aliphatic hydroxyl groups is 1. The Morgan fingerprint density at radius 3 is 2.79 bits per heavy atom. The molecule has 0 aliphatic rings. The van der Waals surface area contributed by atoms with Crippen LogP contribution < -0.4 is 10.1 Å². The van der Waals surface area contributed by atoms with Crippen LogP contribution >= 0.6 is 0 Å². The Labute approximate surface area is 113 Å². The molecular weight excluding hydrogens is 244 g/mol. The summed E-state index contributed by atoms with van der Waals surface area (Å²) in [6.45, 7) is 3.18. The highest BCUT2D eigenvalue weighted by atomic mass is 16.5. The molecule has 0 spiro atoms. The second-order valence-electron chi connectivity index (χ2n) is 4.28. The zero-order valence-electron chi connectivity index (χ0n) is 11.3. The van der Waals surface area contributed by atoms with Crippen molar-refractivity contribution in [3.05, 3.63) is 29.8 Å². The van der Waals surface area contributed by atoms with Crippen LogP contribution in [0.5, 0.6) is 5.75 Å². The summed E-state index contributed by atoms with van der Waals surface area (Å²) in [6.07, 6.45) is -0.525. The average Bonchev–Trinajstić information content (AvgIpc) is 2.45. The molecule has 2 N–H and O–H groups in total. The number of hydrogen-bond donors (Lipinski definition) is 2.